The van der Waals surface area contributed by atoms with Crippen molar-refractivity contribution in [3.8, 4) is 0 Å². The number of benzene rings is 1. The number of anilines is 1. The average molecular weight is 262 g/mol. The average Bonchev–Trinajstić information content (AvgIpc) is 2.44. The third kappa shape index (κ3) is 3.78. The third-order valence-corrected chi connectivity index (χ3v) is 3.41. The Morgan fingerprint density at radius 2 is 2.11 bits per heavy atom. The molecule has 1 aliphatic rings. The molecule has 1 aromatic rings. The van der Waals surface area contributed by atoms with E-state index >= 15 is 0 Å². The molecule has 1 heterocycles. The van der Waals surface area contributed by atoms with Crippen molar-refractivity contribution in [1.82, 2.24) is 5.32 Å². The number of para-hydroxylation sites is 1. The summed E-state index contributed by atoms with van der Waals surface area (Å²) in [7, 11) is 1.70. The molecule has 0 saturated carbocycles. The minimum absolute atomic E-state index is 0.246. The third-order valence-electron chi connectivity index (χ3n) is 3.41. The van der Waals surface area contributed by atoms with Crippen LogP contribution in [0.2, 0.25) is 0 Å². The number of nitrogens with zero attached hydrogens (tertiary/aromatic N) is 1. The number of methoxy groups -OCH3 is 1. The zero-order chi connectivity index (χ0) is 13.5. The lowest BCUT2D eigenvalue weighted by Crippen LogP contribution is -2.37. The molecule has 1 amide bonds. The van der Waals surface area contributed by atoms with E-state index in [0.29, 0.717) is 6.42 Å². The first-order chi connectivity index (χ1) is 9.33. The Labute approximate surface area is 114 Å². The fourth-order valence-corrected chi connectivity index (χ4v) is 2.40. The number of rotatable bonds is 7. The summed E-state index contributed by atoms with van der Waals surface area (Å²) >= 11 is 0. The summed E-state index contributed by atoms with van der Waals surface area (Å²) in [4.78, 5) is 13.9. The van der Waals surface area contributed by atoms with Crippen molar-refractivity contribution < 1.29 is 9.53 Å². The molecule has 2 rings (SSSR count). The van der Waals surface area contributed by atoms with Gasteiger partial charge in [0.1, 0.15) is 0 Å². The molecule has 4 nitrogen and oxygen atoms in total. The number of hydrogen-bond acceptors (Lipinski definition) is 3. The van der Waals surface area contributed by atoms with Crippen LogP contribution in [0.4, 0.5) is 5.69 Å². The molecule has 0 unspecified atom stereocenters. The molecule has 1 aromatic carbocycles. The summed E-state index contributed by atoms with van der Waals surface area (Å²) in [5, 5.41) is 3.30. The number of ether oxygens (including phenoxy) is 1. The molecule has 0 radical (unpaired) electrons. The van der Waals surface area contributed by atoms with Gasteiger partial charge in [-0.25, -0.2) is 0 Å². The molecule has 0 spiro atoms. The van der Waals surface area contributed by atoms with Crippen molar-refractivity contribution in [1.29, 1.82) is 0 Å². The quantitative estimate of drug-likeness (QED) is 0.759. The summed E-state index contributed by atoms with van der Waals surface area (Å²) < 4.78 is 4.97. The molecular weight excluding hydrogens is 240 g/mol. The minimum atomic E-state index is 0.246. The molecule has 0 fully saturated rings. The zero-order valence-electron chi connectivity index (χ0n) is 11.5. The molecule has 4 heteroatoms. The maximum atomic E-state index is 12.0. The Bertz CT molecular complexity index is 420. The van der Waals surface area contributed by atoms with E-state index in [1.54, 1.807) is 7.11 Å². The largest absolute Gasteiger partial charge is 0.383 e. The smallest absolute Gasteiger partial charge is 0.227 e. The van der Waals surface area contributed by atoms with E-state index in [0.717, 1.165) is 44.8 Å². The number of aryl methyl sites for hydroxylation is 1. The molecule has 0 aliphatic carbocycles. The highest BCUT2D eigenvalue weighted by molar-refractivity contribution is 5.96. The Morgan fingerprint density at radius 1 is 1.26 bits per heavy atom. The van der Waals surface area contributed by atoms with E-state index < -0.39 is 0 Å². The van der Waals surface area contributed by atoms with E-state index in [4.69, 9.17) is 4.74 Å². The van der Waals surface area contributed by atoms with Gasteiger partial charge in [0.2, 0.25) is 5.91 Å². The predicted molar refractivity (Wildman–Crippen MR) is 76.5 cm³/mol. The second-order valence-electron chi connectivity index (χ2n) is 4.77. The molecule has 19 heavy (non-hydrogen) atoms. The highest BCUT2D eigenvalue weighted by atomic mass is 16.5. The van der Waals surface area contributed by atoms with Gasteiger partial charge in [0, 0.05) is 32.3 Å². The van der Waals surface area contributed by atoms with Crippen molar-refractivity contribution in [2.45, 2.75) is 19.3 Å². The van der Waals surface area contributed by atoms with Crippen LogP contribution in [0.5, 0.6) is 0 Å². The van der Waals surface area contributed by atoms with Crippen LogP contribution in [-0.2, 0) is 16.0 Å². The first kappa shape index (κ1) is 14.0. The normalized spacial score (nSPS) is 14.6. The van der Waals surface area contributed by atoms with Gasteiger partial charge in [-0.1, -0.05) is 18.2 Å². The lowest BCUT2D eigenvalue weighted by Gasteiger charge is -2.29. The standard InChI is InChI=1S/C15H22N2O2/c1-19-12-10-16-9-4-11-17-14-6-3-2-5-13(14)7-8-15(17)18/h2-3,5-6,16H,4,7-12H2,1H3. The van der Waals surface area contributed by atoms with Crippen LogP contribution >= 0.6 is 0 Å². The predicted octanol–water partition coefficient (Wildman–Crippen LogP) is 1.59. The van der Waals surface area contributed by atoms with Crippen LogP contribution in [-0.4, -0.2) is 39.3 Å². The number of carbonyl (C=O) groups excluding carboxylic acids is 1. The van der Waals surface area contributed by atoms with Gasteiger partial charge in [0.15, 0.2) is 0 Å². The number of hydrogen-bond donors (Lipinski definition) is 1. The fourth-order valence-electron chi connectivity index (χ4n) is 2.40. The molecule has 1 aliphatic heterocycles. The van der Waals surface area contributed by atoms with Crippen molar-refractivity contribution >= 4 is 11.6 Å². The first-order valence-electron chi connectivity index (χ1n) is 6.91. The van der Waals surface area contributed by atoms with Gasteiger partial charge in [0.25, 0.3) is 0 Å². The second kappa shape index (κ2) is 7.26. The van der Waals surface area contributed by atoms with Gasteiger partial charge in [0.05, 0.1) is 6.61 Å². The number of carbonyl (C=O) groups is 1. The molecule has 0 bridgehead atoms. The first-order valence-corrected chi connectivity index (χ1v) is 6.91. The summed E-state index contributed by atoms with van der Waals surface area (Å²) in [5.41, 5.74) is 2.38. The second-order valence-corrected chi connectivity index (χ2v) is 4.77. The lowest BCUT2D eigenvalue weighted by atomic mass is 10.0. The Kier molecular flexibility index (Phi) is 5.36. The van der Waals surface area contributed by atoms with E-state index in [9.17, 15) is 4.79 Å². The molecule has 0 saturated heterocycles. The maximum Gasteiger partial charge on any atom is 0.227 e. The van der Waals surface area contributed by atoms with Gasteiger partial charge in [-0.15, -0.1) is 0 Å². The number of fused-ring (bicyclic) bond motifs is 1. The van der Waals surface area contributed by atoms with Crippen molar-refractivity contribution in [3.63, 3.8) is 0 Å². The number of nitrogens with one attached hydrogen (secondary N) is 1. The monoisotopic (exact) mass is 262 g/mol. The Morgan fingerprint density at radius 3 is 2.95 bits per heavy atom. The zero-order valence-corrected chi connectivity index (χ0v) is 11.5. The fraction of sp³-hybridized carbons (Fsp3) is 0.533. The van der Waals surface area contributed by atoms with Gasteiger partial charge < -0.3 is 15.0 Å². The summed E-state index contributed by atoms with van der Waals surface area (Å²) in [5.74, 6) is 0.246. The van der Waals surface area contributed by atoms with Gasteiger partial charge in [-0.2, -0.15) is 0 Å². The van der Waals surface area contributed by atoms with Crippen LogP contribution in [0.25, 0.3) is 0 Å². The van der Waals surface area contributed by atoms with Crippen LogP contribution < -0.4 is 10.2 Å². The molecule has 1 N–H and O–H groups in total. The summed E-state index contributed by atoms with van der Waals surface area (Å²) in [6.45, 7) is 3.29. The maximum absolute atomic E-state index is 12.0. The van der Waals surface area contributed by atoms with Gasteiger partial charge in [-0.05, 0) is 31.0 Å². The summed E-state index contributed by atoms with van der Waals surface area (Å²) in [6, 6.07) is 8.21. The van der Waals surface area contributed by atoms with Crippen LogP contribution in [0, 0.1) is 0 Å². The molecule has 104 valence electrons. The van der Waals surface area contributed by atoms with Crippen molar-refractivity contribution in [2.24, 2.45) is 0 Å². The van der Waals surface area contributed by atoms with Crippen LogP contribution in [0.3, 0.4) is 0 Å². The highest BCUT2D eigenvalue weighted by Gasteiger charge is 2.22. The Hall–Kier alpha value is -1.39. The van der Waals surface area contributed by atoms with E-state index in [1.807, 2.05) is 23.1 Å². The minimum Gasteiger partial charge on any atom is -0.383 e. The Balaban J connectivity index is 1.84. The van der Waals surface area contributed by atoms with Gasteiger partial charge in [-0.3, -0.25) is 4.79 Å². The topological polar surface area (TPSA) is 41.6 Å². The lowest BCUT2D eigenvalue weighted by molar-refractivity contribution is -0.118. The summed E-state index contributed by atoms with van der Waals surface area (Å²) in [6.07, 6.45) is 2.47. The number of amides is 1. The van der Waals surface area contributed by atoms with E-state index in [-0.39, 0.29) is 5.91 Å². The van der Waals surface area contributed by atoms with Gasteiger partial charge >= 0.3 is 0 Å². The van der Waals surface area contributed by atoms with Crippen LogP contribution in [0.1, 0.15) is 18.4 Å². The van der Waals surface area contributed by atoms with E-state index in [2.05, 4.69) is 11.4 Å². The molecular formula is C15H22N2O2. The van der Waals surface area contributed by atoms with Crippen molar-refractivity contribution in [2.75, 3.05) is 38.3 Å². The van der Waals surface area contributed by atoms with E-state index in [1.165, 1.54) is 5.56 Å². The molecule has 0 atom stereocenters. The highest BCUT2D eigenvalue weighted by Crippen LogP contribution is 2.27. The SMILES string of the molecule is COCCNCCCN1C(=O)CCc2ccccc21. The van der Waals surface area contributed by atoms with Crippen molar-refractivity contribution in [3.05, 3.63) is 29.8 Å². The molecule has 0 aromatic heterocycles. The van der Waals surface area contributed by atoms with Crippen LogP contribution in [0.15, 0.2) is 24.3 Å².